The van der Waals surface area contributed by atoms with Crippen molar-refractivity contribution in [2.75, 3.05) is 19.3 Å². The van der Waals surface area contributed by atoms with Crippen LogP contribution < -0.4 is 11.1 Å². The van der Waals surface area contributed by atoms with Gasteiger partial charge in [-0.2, -0.15) is 0 Å². The second kappa shape index (κ2) is 8.28. The van der Waals surface area contributed by atoms with Gasteiger partial charge in [-0.15, -0.1) is 0 Å². The molecule has 0 saturated carbocycles. The molecule has 102 valence electrons. The van der Waals surface area contributed by atoms with Gasteiger partial charge in [0.15, 0.2) is 0 Å². The van der Waals surface area contributed by atoms with E-state index in [1.54, 1.807) is 0 Å². The minimum atomic E-state index is -0.805. The Bertz CT molecular complexity index is 359. The van der Waals surface area contributed by atoms with Gasteiger partial charge in [0.1, 0.15) is 5.04 Å². The number of oxime groups is 1. The molecule has 2 amide bonds. The fraction of sp³-hybridized carbons (Fsp3) is 0.625. The average Bonchev–Trinajstić information content (AvgIpc) is 2.27. The molecule has 0 aliphatic carbocycles. The van der Waals surface area contributed by atoms with Crippen molar-refractivity contribution in [3.05, 3.63) is 10.1 Å². The van der Waals surface area contributed by atoms with Crippen LogP contribution in [0.25, 0.3) is 0 Å². The molecular formula is C8H14N4O5S. The third-order valence-electron chi connectivity index (χ3n) is 1.63. The quantitative estimate of drug-likeness (QED) is 0.227. The molecule has 0 heterocycles. The molecule has 1 unspecified atom stereocenters. The summed E-state index contributed by atoms with van der Waals surface area (Å²) in [6.45, 7) is 1.14. The first-order chi connectivity index (χ1) is 8.36. The normalized spacial score (nSPS) is 12.7. The van der Waals surface area contributed by atoms with Gasteiger partial charge in [0, 0.05) is 12.0 Å². The van der Waals surface area contributed by atoms with Crippen molar-refractivity contribution in [3.8, 4) is 0 Å². The first kappa shape index (κ1) is 16.2. The molecule has 0 saturated heterocycles. The van der Waals surface area contributed by atoms with E-state index in [4.69, 9.17) is 5.73 Å². The summed E-state index contributed by atoms with van der Waals surface area (Å²) in [6, 6.07) is 0. The van der Waals surface area contributed by atoms with Gasteiger partial charge in [0.2, 0.25) is 12.5 Å². The van der Waals surface area contributed by atoms with Crippen LogP contribution in [0.4, 0.5) is 4.79 Å². The number of carbonyl (C=O) groups excluding carboxylic acids is 2. The largest absolute Gasteiger partial charge is 0.433 e. The first-order valence-corrected chi connectivity index (χ1v) is 5.84. The van der Waals surface area contributed by atoms with Crippen molar-refractivity contribution in [2.24, 2.45) is 16.8 Å². The summed E-state index contributed by atoms with van der Waals surface area (Å²) in [5.41, 5.74) is 4.96. The molecule has 18 heavy (non-hydrogen) atoms. The van der Waals surface area contributed by atoms with Crippen LogP contribution in [0.5, 0.6) is 0 Å². The van der Waals surface area contributed by atoms with Crippen molar-refractivity contribution in [1.29, 1.82) is 0 Å². The summed E-state index contributed by atoms with van der Waals surface area (Å²) in [5.74, 6) is -1.28. The number of nitro groups is 1. The Morgan fingerprint density at radius 3 is 2.67 bits per heavy atom. The number of thioether (sulfide) groups is 1. The van der Waals surface area contributed by atoms with E-state index in [2.05, 4.69) is 15.3 Å². The topological polar surface area (TPSA) is 137 Å². The highest BCUT2D eigenvalue weighted by atomic mass is 32.2. The van der Waals surface area contributed by atoms with Crippen LogP contribution in [-0.2, 0) is 9.63 Å². The van der Waals surface area contributed by atoms with E-state index in [0.29, 0.717) is 0 Å². The van der Waals surface area contributed by atoms with Gasteiger partial charge in [-0.05, 0) is 6.92 Å². The molecule has 9 nitrogen and oxygen atoms in total. The number of hydrogen-bond acceptors (Lipinski definition) is 7. The lowest BCUT2D eigenvalue weighted by molar-refractivity contribution is -0.484. The molecule has 10 heteroatoms. The van der Waals surface area contributed by atoms with Crippen LogP contribution in [-0.4, -0.2) is 41.3 Å². The van der Waals surface area contributed by atoms with Crippen LogP contribution in [0.3, 0.4) is 0 Å². The van der Waals surface area contributed by atoms with Crippen LogP contribution in [0.1, 0.15) is 6.92 Å². The number of carbonyl (C=O) groups is 2. The molecule has 0 radical (unpaired) electrons. The predicted molar refractivity (Wildman–Crippen MR) is 65.7 cm³/mol. The van der Waals surface area contributed by atoms with E-state index >= 15 is 0 Å². The maximum Gasteiger partial charge on any atom is 0.433 e. The summed E-state index contributed by atoms with van der Waals surface area (Å²) in [4.78, 5) is 35.7. The zero-order valence-corrected chi connectivity index (χ0v) is 10.7. The third kappa shape index (κ3) is 7.44. The molecule has 0 aliphatic rings. The van der Waals surface area contributed by atoms with Gasteiger partial charge in [0.25, 0.3) is 0 Å². The Kier molecular flexibility index (Phi) is 7.43. The van der Waals surface area contributed by atoms with Gasteiger partial charge < -0.3 is 11.1 Å². The summed E-state index contributed by atoms with van der Waals surface area (Å²) in [5, 5.41) is 16.2. The molecule has 0 aromatic heterocycles. The van der Waals surface area contributed by atoms with Gasteiger partial charge in [0.05, 0.1) is 11.7 Å². The van der Waals surface area contributed by atoms with Crippen LogP contribution in [0, 0.1) is 16.0 Å². The van der Waals surface area contributed by atoms with Gasteiger partial charge in [-0.25, -0.2) is 4.79 Å². The molecule has 0 fully saturated rings. The molecule has 0 aromatic carbocycles. The summed E-state index contributed by atoms with van der Waals surface area (Å²) in [7, 11) is 1.34. The molecule has 3 N–H and O–H groups in total. The summed E-state index contributed by atoms with van der Waals surface area (Å²) in [6.07, 6.45) is -0.805. The predicted octanol–water partition coefficient (Wildman–Crippen LogP) is -0.213. The molecule has 1 atom stereocenters. The Morgan fingerprint density at radius 2 is 2.22 bits per heavy atom. The summed E-state index contributed by atoms with van der Waals surface area (Å²) >= 11 is 0.898. The fourth-order valence-electron chi connectivity index (χ4n) is 0.837. The highest BCUT2D eigenvalue weighted by molar-refractivity contribution is 8.14. The SMILES string of the molecule is CNC(=O)ON=C(SCC(N)=O)C(C)C[N+](=O)[O-]. The fourth-order valence-corrected chi connectivity index (χ4v) is 1.58. The molecule has 0 aliphatic heterocycles. The molecule has 0 aromatic rings. The third-order valence-corrected chi connectivity index (χ3v) is 2.83. The summed E-state index contributed by atoms with van der Waals surface area (Å²) < 4.78 is 0. The standard InChI is InChI=1S/C8H14N4O5S/c1-5(3-12(15)16)7(18-4-6(9)13)11-17-8(14)10-2/h5H,3-4H2,1-2H3,(H2,9,13)(H,10,14). The van der Waals surface area contributed by atoms with Crippen LogP contribution in [0.15, 0.2) is 5.16 Å². The van der Waals surface area contributed by atoms with Gasteiger partial charge in [-0.1, -0.05) is 16.9 Å². The Hall–Kier alpha value is -1.84. The van der Waals surface area contributed by atoms with E-state index in [0.717, 1.165) is 11.8 Å². The van der Waals surface area contributed by atoms with Crippen LogP contribution in [0.2, 0.25) is 0 Å². The van der Waals surface area contributed by atoms with E-state index in [-0.39, 0.29) is 17.3 Å². The molecular weight excluding hydrogens is 264 g/mol. The van der Waals surface area contributed by atoms with Gasteiger partial charge >= 0.3 is 6.09 Å². The monoisotopic (exact) mass is 278 g/mol. The van der Waals surface area contributed by atoms with E-state index in [9.17, 15) is 19.7 Å². The number of nitrogens with zero attached hydrogens (tertiary/aromatic N) is 2. The Morgan fingerprint density at radius 1 is 1.61 bits per heavy atom. The second-order valence-corrected chi connectivity index (χ2v) is 4.23. The molecule has 0 bridgehead atoms. The maximum absolute atomic E-state index is 10.8. The van der Waals surface area contributed by atoms with Crippen LogP contribution >= 0.6 is 11.8 Å². The zero-order chi connectivity index (χ0) is 14.1. The van der Waals surface area contributed by atoms with E-state index in [1.807, 2.05) is 0 Å². The van der Waals surface area contributed by atoms with Crippen molar-refractivity contribution in [1.82, 2.24) is 5.32 Å². The minimum Gasteiger partial charge on any atom is -0.369 e. The molecule has 0 rings (SSSR count). The average molecular weight is 278 g/mol. The number of amides is 2. The lowest BCUT2D eigenvalue weighted by Gasteiger charge is -2.08. The smallest absolute Gasteiger partial charge is 0.369 e. The lowest BCUT2D eigenvalue weighted by atomic mass is 10.2. The van der Waals surface area contributed by atoms with Crippen molar-refractivity contribution >= 4 is 28.8 Å². The lowest BCUT2D eigenvalue weighted by Crippen LogP contribution is -2.23. The number of nitrogens with one attached hydrogen (secondary N) is 1. The van der Waals surface area contributed by atoms with Crippen molar-refractivity contribution < 1.29 is 19.3 Å². The van der Waals surface area contributed by atoms with Crippen molar-refractivity contribution in [3.63, 3.8) is 0 Å². The Balaban J connectivity index is 4.63. The number of nitrogens with two attached hydrogens (primary N) is 1. The number of hydrogen-bond donors (Lipinski definition) is 2. The zero-order valence-electron chi connectivity index (χ0n) is 9.91. The molecule has 0 spiro atoms. The highest BCUT2D eigenvalue weighted by Crippen LogP contribution is 2.14. The number of rotatable bonds is 6. The minimum absolute atomic E-state index is 0.0992. The van der Waals surface area contributed by atoms with E-state index < -0.39 is 22.8 Å². The first-order valence-electron chi connectivity index (χ1n) is 4.86. The second-order valence-electron chi connectivity index (χ2n) is 3.23. The van der Waals surface area contributed by atoms with E-state index in [1.165, 1.54) is 14.0 Å². The van der Waals surface area contributed by atoms with Crippen molar-refractivity contribution in [2.45, 2.75) is 6.92 Å². The Labute approximate surface area is 107 Å². The van der Waals surface area contributed by atoms with Gasteiger partial charge in [-0.3, -0.25) is 19.7 Å². The highest BCUT2D eigenvalue weighted by Gasteiger charge is 2.19. The number of primary amides is 1. The maximum atomic E-state index is 10.8.